The van der Waals surface area contributed by atoms with Gasteiger partial charge in [-0.05, 0) is 50.0 Å². The molecule has 0 atom stereocenters. The number of aryl methyl sites for hydroxylation is 1. The van der Waals surface area contributed by atoms with Gasteiger partial charge in [-0.3, -0.25) is 4.99 Å². The smallest absolute Gasteiger partial charge is 0.191 e. The van der Waals surface area contributed by atoms with Gasteiger partial charge in [0.2, 0.25) is 0 Å². The molecule has 1 aliphatic rings. The molecule has 0 aromatic heterocycles. The molecule has 0 saturated carbocycles. The average molecular weight is 381 g/mol. The van der Waals surface area contributed by atoms with E-state index in [2.05, 4.69) is 20.5 Å². The normalized spacial score (nSPS) is 17.0. The summed E-state index contributed by atoms with van der Waals surface area (Å²) in [5, 5.41) is 6.65. The van der Waals surface area contributed by atoms with Crippen molar-refractivity contribution in [2.24, 2.45) is 4.99 Å². The zero-order valence-corrected chi connectivity index (χ0v) is 17.0. The zero-order chi connectivity index (χ0) is 19.0. The van der Waals surface area contributed by atoms with Gasteiger partial charge in [-0.15, -0.1) is 0 Å². The first-order valence-corrected chi connectivity index (χ1v) is 11.3. The number of benzene rings is 1. The topological polar surface area (TPSA) is 73.8 Å². The van der Waals surface area contributed by atoms with Crippen LogP contribution in [0.25, 0.3) is 0 Å². The number of hydrogen-bond donors (Lipinski definition) is 2. The molecule has 0 radical (unpaired) electrons. The number of rotatable bonds is 6. The third-order valence-electron chi connectivity index (χ3n) is 4.74. The average Bonchev–Trinajstić information content (AvgIpc) is 2.85. The number of hydrogen-bond acceptors (Lipinski definition) is 4. The maximum atomic E-state index is 11.7. The van der Waals surface area contributed by atoms with Crippen molar-refractivity contribution < 1.29 is 8.42 Å². The van der Waals surface area contributed by atoms with Crippen LogP contribution in [0.5, 0.6) is 0 Å². The molecule has 146 valence electrons. The fraction of sp³-hybridized carbons (Fsp3) is 0.632. The third-order valence-corrected chi connectivity index (χ3v) is 6.00. The predicted octanol–water partition coefficient (Wildman–Crippen LogP) is 1.94. The van der Waals surface area contributed by atoms with Crippen LogP contribution in [-0.2, 0) is 16.4 Å². The second kappa shape index (κ2) is 9.92. The van der Waals surface area contributed by atoms with Crippen LogP contribution in [0.1, 0.15) is 36.8 Å². The molecule has 2 rings (SSSR count). The van der Waals surface area contributed by atoms with Crippen molar-refractivity contribution >= 4 is 15.8 Å². The minimum atomic E-state index is -3.17. The van der Waals surface area contributed by atoms with E-state index in [0.29, 0.717) is 11.4 Å². The van der Waals surface area contributed by atoms with Crippen molar-refractivity contribution in [2.75, 3.05) is 39.5 Å². The van der Waals surface area contributed by atoms with E-state index in [-0.39, 0.29) is 0 Å². The summed E-state index contributed by atoms with van der Waals surface area (Å²) >= 11 is 0. The SMILES string of the molecule is CN=C(NCCN1CCCCCC1)NCc1ccc(S(C)(=O)=O)c(C)c1. The first kappa shape index (κ1) is 20.7. The van der Waals surface area contributed by atoms with Gasteiger partial charge in [0, 0.05) is 32.9 Å². The second-order valence-electron chi connectivity index (χ2n) is 6.98. The van der Waals surface area contributed by atoms with Crippen molar-refractivity contribution in [3.8, 4) is 0 Å². The molecule has 0 unspecified atom stereocenters. The van der Waals surface area contributed by atoms with Crippen LogP contribution in [-0.4, -0.2) is 58.8 Å². The van der Waals surface area contributed by atoms with Crippen LogP contribution < -0.4 is 10.6 Å². The van der Waals surface area contributed by atoms with Gasteiger partial charge in [-0.2, -0.15) is 0 Å². The van der Waals surface area contributed by atoms with E-state index in [1.165, 1.54) is 45.0 Å². The van der Waals surface area contributed by atoms with E-state index in [0.717, 1.165) is 30.2 Å². The Hall–Kier alpha value is -1.60. The molecule has 2 N–H and O–H groups in total. The Kier molecular flexibility index (Phi) is 7.90. The fourth-order valence-corrected chi connectivity index (χ4v) is 4.30. The first-order valence-electron chi connectivity index (χ1n) is 9.36. The maximum absolute atomic E-state index is 11.7. The molecule has 0 spiro atoms. The van der Waals surface area contributed by atoms with Gasteiger partial charge in [-0.1, -0.05) is 25.0 Å². The number of nitrogens with zero attached hydrogens (tertiary/aromatic N) is 2. The summed E-state index contributed by atoms with van der Waals surface area (Å²) in [4.78, 5) is 7.17. The molecule has 1 aromatic carbocycles. The molecule has 0 bridgehead atoms. The van der Waals surface area contributed by atoms with Gasteiger partial charge in [-0.25, -0.2) is 8.42 Å². The Morgan fingerprint density at radius 3 is 2.42 bits per heavy atom. The monoisotopic (exact) mass is 380 g/mol. The molecule has 1 saturated heterocycles. The molecule has 1 heterocycles. The van der Waals surface area contributed by atoms with Crippen LogP contribution in [0.15, 0.2) is 28.1 Å². The highest BCUT2D eigenvalue weighted by Gasteiger charge is 2.11. The summed E-state index contributed by atoms with van der Waals surface area (Å²) in [6.45, 7) is 6.72. The van der Waals surface area contributed by atoms with Crippen LogP contribution in [0.3, 0.4) is 0 Å². The molecule has 1 aliphatic heterocycles. The summed E-state index contributed by atoms with van der Waals surface area (Å²) < 4.78 is 23.4. The lowest BCUT2D eigenvalue weighted by Crippen LogP contribution is -2.41. The molecule has 26 heavy (non-hydrogen) atoms. The molecule has 0 aliphatic carbocycles. The second-order valence-corrected chi connectivity index (χ2v) is 8.96. The van der Waals surface area contributed by atoms with Crippen LogP contribution in [0.2, 0.25) is 0 Å². The Morgan fingerprint density at radius 2 is 1.85 bits per heavy atom. The summed E-state index contributed by atoms with van der Waals surface area (Å²) in [6, 6.07) is 5.44. The fourth-order valence-electron chi connectivity index (χ4n) is 3.34. The van der Waals surface area contributed by atoms with Crippen molar-refractivity contribution in [1.82, 2.24) is 15.5 Å². The first-order chi connectivity index (χ1) is 12.4. The highest BCUT2D eigenvalue weighted by atomic mass is 32.2. The van der Waals surface area contributed by atoms with Gasteiger partial charge in [0.15, 0.2) is 15.8 Å². The van der Waals surface area contributed by atoms with E-state index in [4.69, 9.17) is 0 Å². The van der Waals surface area contributed by atoms with Gasteiger partial charge < -0.3 is 15.5 Å². The lowest BCUT2D eigenvalue weighted by Gasteiger charge is -2.20. The van der Waals surface area contributed by atoms with Crippen LogP contribution >= 0.6 is 0 Å². The van der Waals surface area contributed by atoms with Crippen molar-refractivity contribution in [3.05, 3.63) is 29.3 Å². The number of nitrogens with one attached hydrogen (secondary N) is 2. The van der Waals surface area contributed by atoms with E-state index in [9.17, 15) is 8.42 Å². The quantitative estimate of drug-likeness (QED) is 0.583. The van der Waals surface area contributed by atoms with Gasteiger partial charge in [0.05, 0.1) is 4.90 Å². The van der Waals surface area contributed by atoms with Crippen LogP contribution in [0, 0.1) is 6.92 Å². The standard InChI is InChI=1S/C19H32N4O2S/c1-16-14-17(8-9-18(16)26(3,24)25)15-22-19(20-2)21-10-13-23-11-6-4-5-7-12-23/h8-9,14H,4-7,10-13,15H2,1-3H3,(H2,20,21,22). The molecule has 6 nitrogen and oxygen atoms in total. The Bertz CT molecular complexity index is 708. The molecule has 0 amide bonds. The summed E-state index contributed by atoms with van der Waals surface area (Å²) in [6.07, 6.45) is 6.55. The lowest BCUT2D eigenvalue weighted by molar-refractivity contribution is 0.289. The zero-order valence-electron chi connectivity index (χ0n) is 16.2. The lowest BCUT2D eigenvalue weighted by atomic mass is 10.1. The Balaban J connectivity index is 1.80. The summed E-state index contributed by atoms with van der Waals surface area (Å²) in [7, 11) is -1.41. The van der Waals surface area contributed by atoms with E-state index >= 15 is 0 Å². The molecule has 7 heteroatoms. The minimum absolute atomic E-state index is 0.390. The molecule has 1 fully saturated rings. The van der Waals surface area contributed by atoms with Crippen molar-refractivity contribution in [3.63, 3.8) is 0 Å². The molecular weight excluding hydrogens is 348 g/mol. The predicted molar refractivity (Wildman–Crippen MR) is 107 cm³/mol. The maximum Gasteiger partial charge on any atom is 0.191 e. The van der Waals surface area contributed by atoms with Gasteiger partial charge in [0.1, 0.15) is 0 Å². The summed E-state index contributed by atoms with van der Waals surface area (Å²) in [5.41, 5.74) is 1.81. The molecular formula is C19H32N4O2S. The van der Waals surface area contributed by atoms with E-state index in [1.807, 2.05) is 19.1 Å². The van der Waals surface area contributed by atoms with Gasteiger partial charge >= 0.3 is 0 Å². The van der Waals surface area contributed by atoms with Crippen LogP contribution in [0.4, 0.5) is 0 Å². The highest BCUT2D eigenvalue weighted by Crippen LogP contribution is 2.16. The Labute approximate surface area is 158 Å². The minimum Gasteiger partial charge on any atom is -0.355 e. The number of likely N-dealkylation sites (tertiary alicyclic amines) is 1. The number of guanidine groups is 1. The Morgan fingerprint density at radius 1 is 1.15 bits per heavy atom. The highest BCUT2D eigenvalue weighted by molar-refractivity contribution is 7.90. The third kappa shape index (κ3) is 6.61. The van der Waals surface area contributed by atoms with E-state index in [1.54, 1.807) is 13.1 Å². The number of aliphatic imine (C=N–C) groups is 1. The molecule has 1 aromatic rings. The largest absolute Gasteiger partial charge is 0.355 e. The van der Waals surface area contributed by atoms with Crippen molar-refractivity contribution in [2.45, 2.75) is 44.0 Å². The number of sulfone groups is 1. The summed E-state index contributed by atoms with van der Waals surface area (Å²) in [5.74, 6) is 0.768. The van der Waals surface area contributed by atoms with E-state index < -0.39 is 9.84 Å². The van der Waals surface area contributed by atoms with Crippen molar-refractivity contribution in [1.29, 1.82) is 0 Å². The van der Waals surface area contributed by atoms with Gasteiger partial charge in [0.25, 0.3) is 0 Å².